The number of nitrogens with zero attached hydrogens (tertiary/aromatic N) is 5. The minimum atomic E-state index is -0.249. The lowest BCUT2D eigenvalue weighted by molar-refractivity contribution is 0.0830. The van der Waals surface area contributed by atoms with Gasteiger partial charge in [-0.05, 0) is 43.7 Å². The Hall–Kier alpha value is -2.84. The fraction of sp³-hybridized carbons (Fsp3) is 0.375. The van der Waals surface area contributed by atoms with E-state index in [1.54, 1.807) is 7.11 Å². The van der Waals surface area contributed by atoms with Gasteiger partial charge in [0.15, 0.2) is 5.16 Å². The van der Waals surface area contributed by atoms with E-state index in [1.807, 2.05) is 19.1 Å². The quantitative estimate of drug-likeness (QED) is 0.590. The molecule has 0 aliphatic carbocycles. The van der Waals surface area contributed by atoms with Gasteiger partial charge in [0, 0.05) is 31.9 Å². The minimum Gasteiger partial charge on any atom is -0.497 e. The fourth-order valence-electron chi connectivity index (χ4n) is 4.49. The van der Waals surface area contributed by atoms with Crippen LogP contribution in [0.25, 0.3) is 0 Å². The third-order valence-corrected chi connectivity index (χ3v) is 7.41. The Morgan fingerprint density at radius 3 is 2.31 bits per heavy atom. The van der Waals surface area contributed by atoms with Crippen molar-refractivity contribution in [3.63, 3.8) is 0 Å². The number of methoxy groups -OCH3 is 1. The summed E-state index contributed by atoms with van der Waals surface area (Å²) in [5.41, 5.74) is 3.58. The summed E-state index contributed by atoms with van der Waals surface area (Å²) in [5, 5.41) is 4.77. The van der Waals surface area contributed by atoms with Crippen LogP contribution in [0.2, 0.25) is 0 Å². The number of hydrogen-bond donors (Lipinski definition) is 0. The average Bonchev–Trinajstić information content (AvgIpc) is 3.33. The van der Waals surface area contributed by atoms with Gasteiger partial charge >= 0.3 is 0 Å². The molecule has 1 aromatic heterocycles. The first kappa shape index (κ1) is 21.0. The standard InChI is InChI=1S/C24H27N5O2S/c1-16-4-6-18(7-5-16)21(22-23(30)29-24(32-22)25-17(2)26-29)28-14-12-27(13-15-28)19-8-10-20(31-3)11-9-19/h4-11,21-22H,12-15H2,1-3H3. The number of rotatable bonds is 5. The zero-order valence-electron chi connectivity index (χ0n) is 18.6. The van der Waals surface area contributed by atoms with Gasteiger partial charge in [0.1, 0.15) is 16.8 Å². The summed E-state index contributed by atoms with van der Waals surface area (Å²) in [7, 11) is 1.68. The molecule has 0 spiro atoms. The lowest BCUT2D eigenvalue weighted by Crippen LogP contribution is -2.50. The Labute approximate surface area is 192 Å². The molecular formula is C24H27N5O2S. The Morgan fingerprint density at radius 2 is 1.69 bits per heavy atom. The molecule has 3 aromatic rings. The number of fused-ring (bicyclic) bond motifs is 1. The van der Waals surface area contributed by atoms with Gasteiger partial charge in [-0.2, -0.15) is 4.68 Å². The van der Waals surface area contributed by atoms with Gasteiger partial charge in [-0.3, -0.25) is 9.69 Å². The van der Waals surface area contributed by atoms with Gasteiger partial charge in [0.25, 0.3) is 5.91 Å². The van der Waals surface area contributed by atoms with Crippen LogP contribution in [0.1, 0.15) is 27.8 Å². The summed E-state index contributed by atoms with van der Waals surface area (Å²) >= 11 is 1.54. The Morgan fingerprint density at radius 1 is 1.00 bits per heavy atom. The van der Waals surface area contributed by atoms with Crippen molar-refractivity contribution >= 4 is 23.4 Å². The van der Waals surface area contributed by atoms with E-state index in [2.05, 4.69) is 63.2 Å². The molecule has 0 radical (unpaired) electrons. The van der Waals surface area contributed by atoms with Crippen molar-refractivity contribution in [2.75, 3.05) is 38.2 Å². The molecular weight excluding hydrogens is 422 g/mol. The molecule has 8 heteroatoms. The summed E-state index contributed by atoms with van der Waals surface area (Å²) in [4.78, 5) is 22.6. The van der Waals surface area contributed by atoms with E-state index in [9.17, 15) is 4.79 Å². The number of aryl methyl sites for hydroxylation is 2. The van der Waals surface area contributed by atoms with Crippen molar-refractivity contribution in [1.82, 2.24) is 19.7 Å². The molecule has 2 aromatic carbocycles. The van der Waals surface area contributed by atoms with Crippen molar-refractivity contribution in [2.45, 2.75) is 30.3 Å². The number of carbonyl (C=O) groups is 1. The van der Waals surface area contributed by atoms with E-state index >= 15 is 0 Å². The topological polar surface area (TPSA) is 63.5 Å². The summed E-state index contributed by atoms with van der Waals surface area (Å²) in [6.07, 6.45) is 0. The number of aromatic nitrogens is 3. The van der Waals surface area contributed by atoms with E-state index in [0.29, 0.717) is 11.0 Å². The second kappa shape index (κ2) is 8.60. The number of piperazine rings is 1. The van der Waals surface area contributed by atoms with Crippen LogP contribution in [-0.4, -0.2) is 64.1 Å². The summed E-state index contributed by atoms with van der Waals surface area (Å²) in [6.45, 7) is 7.48. The SMILES string of the molecule is COc1ccc(N2CCN(C(c3ccc(C)cc3)C3Sc4nc(C)nn4C3=O)CC2)cc1. The van der Waals surface area contributed by atoms with Crippen molar-refractivity contribution < 1.29 is 9.53 Å². The van der Waals surface area contributed by atoms with Crippen molar-refractivity contribution in [3.8, 4) is 5.75 Å². The van der Waals surface area contributed by atoms with E-state index in [-0.39, 0.29) is 17.2 Å². The van der Waals surface area contributed by atoms with Crippen LogP contribution < -0.4 is 9.64 Å². The highest BCUT2D eigenvalue weighted by molar-refractivity contribution is 8.00. The van der Waals surface area contributed by atoms with Crippen LogP contribution in [0.4, 0.5) is 5.69 Å². The number of anilines is 1. The smallest absolute Gasteiger partial charge is 0.264 e. The van der Waals surface area contributed by atoms with Crippen LogP contribution >= 0.6 is 11.8 Å². The predicted molar refractivity (Wildman–Crippen MR) is 126 cm³/mol. The van der Waals surface area contributed by atoms with E-state index in [0.717, 1.165) is 31.9 Å². The zero-order chi connectivity index (χ0) is 22.2. The molecule has 0 amide bonds. The monoisotopic (exact) mass is 449 g/mol. The molecule has 3 heterocycles. The van der Waals surface area contributed by atoms with Crippen LogP contribution in [-0.2, 0) is 0 Å². The first-order valence-electron chi connectivity index (χ1n) is 10.9. The molecule has 1 saturated heterocycles. The molecule has 2 aliphatic rings. The molecule has 32 heavy (non-hydrogen) atoms. The molecule has 1 fully saturated rings. The molecule has 0 saturated carbocycles. The Balaban J connectivity index is 1.37. The highest BCUT2D eigenvalue weighted by Gasteiger charge is 2.43. The van der Waals surface area contributed by atoms with Gasteiger partial charge in [-0.15, -0.1) is 5.10 Å². The number of ether oxygens (including phenoxy) is 1. The first-order valence-corrected chi connectivity index (χ1v) is 11.8. The highest BCUT2D eigenvalue weighted by atomic mass is 32.2. The Kier molecular flexibility index (Phi) is 5.65. The maximum Gasteiger partial charge on any atom is 0.264 e. The van der Waals surface area contributed by atoms with E-state index < -0.39 is 0 Å². The molecule has 2 atom stereocenters. The lowest BCUT2D eigenvalue weighted by atomic mass is 9.99. The second-order valence-corrected chi connectivity index (χ2v) is 9.42. The van der Waals surface area contributed by atoms with Crippen LogP contribution in [0.3, 0.4) is 0 Å². The molecule has 2 unspecified atom stereocenters. The largest absolute Gasteiger partial charge is 0.497 e. The molecule has 2 aliphatic heterocycles. The molecule has 5 rings (SSSR count). The Bertz CT molecular complexity index is 1100. The number of benzene rings is 2. The molecule has 7 nitrogen and oxygen atoms in total. The summed E-state index contributed by atoms with van der Waals surface area (Å²) in [6, 6.07) is 16.8. The number of thioether (sulfide) groups is 1. The maximum atomic E-state index is 13.3. The van der Waals surface area contributed by atoms with Crippen molar-refractivity contribution in [1.29, 1.82) is 0 Å². The lowest BCUT2D eigenvalue weighted by Gasteiger charge is -2.41. The third-order valence-electron chi connectivity index (χ3n) is 6.22. The van der Waals surface area contributed by atoms with Gasteiger partial charge in [0.05, 0.1) is 13.2 Å². The van der Waals surface area contributed by atoms with Gasteiger partial charge in [-0.25, -0.2) is 4.98 Å². The van der Waals surface area contributed by atoms with E-state index in [1.165, 1.54) is 33.3 Å². The first-order chi connectivity index (χ1) is 15.5. The maximum absolute atomic E-state index is 13.3. The minimum absolute atomic E-state index is 0.0186. The average molecular weight is 450 g/mol. The summed E-state index contributed by atoms with van der Waals surface area (Å²) in [5.74, 6) is 1.53. The molecule has 0 bridgehead atoms. The third kappa shape index (κ3) is 3.89. The highest BCUT2D eigenvalue weighted by Crippen LogP contribution is 2.41. The zero-order valence-corrected chi connectivity index (χ0v) is 19.4. The van der Waals surface area contributed by atoms with Crippen molar-refractivity contribution in [3.05, 3.63) is 65.5 Å². The number of hydrogen-bond acceptors (Lipinski definition) is 7. The van der Waals surface area contributed by atoms with Gasteiger partial charge in [-0.1, -0.05) is 41.6 Å². The van der Waals surface area contributed by atoms with Crippen LogP contribution in [0, 0.1) is 13.8 Å². The second-order valence-electron chi connectivity index (χ2n) is 8.31. The summed E-state index contributed by atoms with van der Waals surface area (Å²) < 4.78 is 6.77. The van der Waals surface area contributed by atoms with Crippen LogP contribution in [0.5, 0.6) is 5.75 Å². The fourth-order valence-corrected chi connectivity index (χ4v) is 5.79. The van der Waals surface area contributed by atoms with Crippen LogP contribution in [0.15, 0.2) is 53.7 Å². The van der Waals surface area contributed by atoms with E-state index in [4.69, 9.17) is 4.74 Å². The van der Waals surface area contributed by atoms with Gasteiger partial charge in [0.2, 0.25) is 0 Å². The van der Waals surface area contributed by atoms with Gasteiger partial charge < -0.3 is 9.64 Å². The van der Waals surface area contributed by atoms with Crippen molar-refractivity contribution in [2.24, 2.45) is 0 Å². The predicted octanol–water partition coefficient (Wildman–Crippen LogP) is 3.58. The normalized spacial score (nSPS) is 19.8. The molecule has 166 valence electrons. The number of carbonyl (C=O) groups excluding carboxylic acids is 1. The molecule has 0 N–H and O–H groups in total.